The van der Waals surface area contributed by atoms with Crippen molar-refractivity contribution < 1.29 is 4.74 Å². The summed E-state index contributed by atoms with van der Waals surface area (Å²) in [5.74, 6) is 0.888. The number of nitrogens with one attached hydrogen (secondary N) is 2. The molecule has 0 atom stereocenters. The Kier molecular flexibility index (Phi) is 12.8. The van der Waals surface area contributed by atoms with Crippen LogP contribution >= 0.6 is 24.0 Å². The van der Waals surface area contributed by atoms with Crippen LogP contribution in [-0.2, 0) is 17.8 Å². The van der Waals surface area contributed by atoms with Crippen LogP contribution in [0.25, 0.3) is 0 Å². The minimum Gasteiger partial charge on any atom is -0.382 e. The Morgan fingerprint density at radius 3 is 2.55 bits per heavy atom. The summed E-state index contributed by atoms with van der Waals surface area (Å²) in [4.78, 5) is 6.75. The fourth-order valence-corrected chi connectivity index (χ4v) is 4.01. The van der Waals surface area contributed by atoms with E-state index < -0.39 is 0 Å². The summed E-state index contributed by atoms with van der Waals surface area (Å²) < 4.78 is 5.63. The number of hydrogen-bond acceptors (Lipinski definition) is 3. The van der Waals surface area contributed by atoms with E-state index in [0.29, 0.717) is 5.41 Å². The van der Waals surface area contributed by atoms with E-state index in [2.05, 4.69) is 65.7 Å². The van der Waals surface area contributed by atoms with E-state index in [4.69, 9.17) is 4.74 Å². The van der Waals surface area contributed by atoms with Gasteiger partial charge in [-0.05, 0) is 56.3 Å². The largest absolute Gasteiger partial charge is 0.382 e. The van der Waals surface area contributed by atoms with Crippen molar-refractivity contribution in [3.63, 3.8) is 0 Å². The fourth-order valence-electron chi connectivity index (χ4n) is 4.01. The van der Waals surface area contributed by atoms with Crippen molar-refractivity contribution in [1.29, 1.82) is 0 Å². The quantitative estimate of drug-likeness (QED) is 0.198. The highest BCUT2D eigenvalue weighted by Crippen LogP contribution is 2.40. The lowest BCUT2D eigenvalue weighted by Gasteiger charge is -2.30. The van der Waals surface area contributed by atoms with Crippen molar-refractivity contribution in [2.75, 3.05) is 40.4 Å². The van der Waals surface area contributed by atoms with Crippen molar-refractivity contribution in [3.05, 3.63) is 35.4 Å². The lowest BCUT2D eigenvalue weighted by molar-refractivity contribution is 0.105. The minimum absolute atomic E-state index is 0. The Bertz CT molecular complexity index is 602. The predicted molar refractivity (Wildman–Crippen MR) is 134 cm³/mol. The first-order valence-corrected chi connectivity index (χ1v) is 10.9. The van der Waals surface area contributed by atoms with Gasteiger partial charge in [0, 0.05) is 39.9 Å². The maximum Gasteiger partial charge on any atom is 0.191 e. The summed E-state index contributed by atoms with van der Waals surface area (Å²) in [5, 5.41) is 7.06. The molecule has 1 aromatic rings. The molecule has 0 heterocycles. The molecule has 0 aromatic heterocycles. The molecule has 0 bridgehead atoms. The Labute approximate surface area is 195 Å². The highest BCUT2D eigenvalue weighted by atomic mass is 127. The lowest BCUT2D eigenvalue weighted by Crippen LogP contribution is -2.43. The topological polar surface area (TPSA) is 48.9 Å². The Balaban J connectivity index is 0.00000420. The Morgan fingerprint density at radius 1 is 1.17 bits per heavy atom. The molecule has 1 aromatic carbocycles. The molecule has 0 saturated heterocycles. The smallest absolute Gasteiger partial charge is 0.191 e. The van der Waals surface area contributed by atoms with Crippen molar-refractivity contribution in [3.8, 4) is 0 Å². The normalized spacial score (nSPS) is 16.0. The zero-order valence-electron chi connectivity index (χ0n) is 18.8. The minimum atomic E-state index is 0. The van der Waals surface area contributed by atoms with E-state index in [-0.39, 0.29) is 24.0 Å². The van der Waals surface area contributed by atoms with Crippen LogP contribution in [0.1, 0.15) is 57.1 Å². The molecule has 6 heteroatoms. The molecule has 1 aliphatic carbocycles. The van der Waals surface area contributed by atoms with Gasteiger partial charge >= 0.3 is 0 Å². The van der Waals surface area contributed by atoms with Gasteiger partial charge in [-0.2, -0.15) is 0 Å². The Morgan fingerprint density at radius 2 is 1.90 bits per heavy atom. The van der Waals surface area contributed by atoms with Crippen molar-refractivity contribution in [2.24, 2.45) is 10.4 Å². The lowest BCUT2D eigenvalue weighted by atomic mass is 9.83. The van der Waals surface area contributed by atoms with E-state index in [9.17, 15) is 0 Å². The second-order valence-electron chi connectivity index (χ2n) is 8.08. The van der Waals surface area contributed by atoms with Gasteiger partial charge in [0.25, 0.3) is 0 Å². The molecular weight excluding hydrogens is 475 g/mol. The molecular formula is C23H41IN4O. The molecule has 0 radical (unpaired) electrons. The van der Waals surface area contributed by atoms with Crippen LogP contribution in [0, 0.1) is 5.41 Å². The summed E-state index contributed by atoms with van der Waals surface area (Å²) in [6.07, 6.45) is 6.38. The number of benzene rings is 1. The average molecular weight is 517 g/mol. The van der Waals surface area contributed by atoms with Crippen LogP contribution in [-0.4, -0.2) is 51.3 Å². The third-order valence-electron chi connectivity index (χ3n) is 5.94. The van der Waals surface area contributed by atoms with E-state index in [1.807, 2.05) is 7.05 Å². The van der Waals surface area contributed by atoms with Gasteiger partial charge in [0.1, 0.15) is 0 Å². The molecule has 1 fully saturated rings. The molecule has 29 heavy (non-hydrogen) atoms. The third kappa shape index (κ3) is 9.22. The number of nitrogens with zero attached hydrogens (tertiary/aromatic N) is 2. The van der Waals surface area contributed by atoms with Gasteiger partial charge in [-0.3, -0.25) is 4.99 Å². The molecule has 5 nitrogen and oxygen atoms in total. The monoisotopic (exact) mass is 516 g/mol. The van der Waals surface area contributed by atoms with Crippen molar-refractivity contribution >= 4 is 29.9 Å². The molecule has 1 aliphatic rings. The second-order valence-corrected chi connectivity index (χ2v) is 8.08. The maximum absolute atomic E-state index is 5.63. The summed E-state index contributed by atoms with van der Waals surface area (Å²) in [5.41, 5.74) is 3.00. The first-order chi connectivity index (χ1) is 13.6. The SMILES string of the molecule is CCOCCC1(CNC(=NC)NCc2cccc(CN(C)CC)c2)CCCC1.I. The zero-order chi connectivity index (χ0) is 20.2. The number of aliphatic imine (C=N–C) groups is 1. The predicted octanol–water partition coefficient (Wildman–Crippen LogP) is 4.41. The van der Waals surface area contributed by atoms with Gasteiger partial charge in [-0.15, -0.1) is 24.0 Å². The van der Waals surface area contributed by atoms with E-state index >= 15 is 0 Å². The fraction of sp³-hybridized carbons (Fsp3) is 0.696. The van der Waals surface area contributed by atoms with Crippen LogP contribution < -0.4 is 10.6 Å². The van der Waals surface area contributed by atoms with Gasteiger partial charge in [0.05, 0.1) is 0 Å². The molecule has 2 N–H and O–H groups in total. The first kappa shape index (κ1) is 26.2. The molecule has 166 valence electrons. The highest BCUT2D eigenvalue weighted by Gasteiger charge is 2.33. The van der Waals surface area contributed by atoms with Gasteiger partial charge < -0.3 is 20.3 Å². The first-order valence-electron chi connectivity index (χ1n) is 10.9. The van der Waals surface area contributed by atoms with Crippen LogP contribution in [0.3, 0.4) is 0 Å². The number of halogens is 1. The van der Waals surface area contributed by atoms with Crippen LogP contribution in [0.15, 0.2) is 29.3 Å². The van der Waals surface area contributed by atoms with Crippen LogP contribution in [0.4, 0.5) is 0 Å². The summed E-state index contributed by atoms with van der Waals surface area (Å²) in [6, 6.07) is 8.81. The molecule has 2 rings (SSSR count). The molecule has 0 unspecified atom stereocenters. The van der Waals surface area contributed by atoms with Crippen LogP contribution in [0.5, 0.6) is 0 Å². The highest BCUT2D eigenvalue weighted by molar-refractivity contribution is 14.0. The van der Waals surface area contributed by atoms with Crippen LogP contribution in [0.2, 0.25) is 0 Å². The van der Waals surface area contributed by atoms with Crippen molar-refractivity contribution in [1.82, 2.24) is 15.5 Å². The van der Waals surface area contributed by atoms with E-state index in [0.717, 1.165) is 51.8 Å². The number of ether oxygens (including phenoxy) is 1. The van der Waals surface area contributed by atoms with Gasteiger partial charge in [-0.1, -0.05) is 44.0 Å². The molecule has 1 saturated carbocycles. The standard InChI is InChI=1S/C23H40N4O.HI/c1-5-27(4)18-21-11-9-10-20(16-21)17-25-22(24-3)26-19-23(12-7-8-13-23)14-15-28-6-2;/h9-11,16H,5-8,12-15,17-19H2,1-4H3,(H2,24,25,26);1H. The van der Waals surface area contributed by atoms with Gasteiger partial charge in [0.2, 0.25) is 0 Å². The number of rotatable bonds is 11. The van der Waals surface area contributed by atoms with Gasteiger partial charge in [0.15, 0.2) is 5.96 Å². The summed E-state index contributed by atoms with van der Waals surface area (Å²) in [6.45, 7) is 9.73. The van der Waals surface area contributed by atoms with E-state index in [1.165, 1.54) is 36.8 Å². The number of guanidine groups is 1. The zero-order valence-corrected chi connectivity index (χ0v) is 21.1. The maximum atomic E-state index is 5.63. The summed E-state index contributed by atoms with van der Waals surface area (Å²) >= 11 is 0. The number of hydrogen-bond donors (Lipinski definition) is 2. The molecule has 0 amide bonds. The van der Waals surface area contributed by atoms with E-state index in [1.54, 1.807) is 0 Å². The molecule has 0 spiro atoms. The average Bonchev–Trinajstić information content (AvgIpc) is 3.17. The summed E-state index contributed by atoms with van der Waals surface area (Å²) in [7, 11) is 4.00. The van der Waals surface area contributed by atoms with Gasteiger partial charge in [-0.25, -0.2) is 0 Å². The second kappa shape index (κ2) is 14.2. The molecule has 0 aliphatic heterocycles. The third-order valence-corrected chi connectivity index (χ3v) is 5.94. The van der Waals surface area contributed by atoms with Crippen molar-refractivity contribution in [2.45, 2.75) is 59.0 Å². The Hall–Kier alpha value is -0.860.